The molecule has 1 heterocycles. The number of benzene rings is 3. The number of carbonyl (C=O) groups excluding carboxylic acids is 2. The van der Waals surface area contributed by atoms with Gasteiger partial charge in [-0.15, -0.1) is 0 Å². The van der Waals surface area contributed by atoms with Crippen LogP contribution in [0.15, 0.2) is 97.2 Å². The molecule has 0 unspecified atom stereocenters. The van der Waals surface area contributed by atoms with Gasteiger partial charge in [0.1, 0.15) is 12.3 Å². The molecule has 220 valence electrons. The van der Waals surface area contributed by atoms with E-state index in [2.05, 4.69) is 10.6 Å². The number of ether oxygens (including phenoxy) is 2. The third-order valence-corrected chi connectivity index (χ3v) is 7.17. The molecule has 3 aromatic carbocycles. The van der Waals surface area contributed by atoms with Crippen LogP contribution >= 0.6 is 11.6 Å². The smallest absolute Gasteiger partial charge is 0.254 e. The Labute approximate surface area is 253 Å². The number of hydrogen-bond donors (Lipinski definition) is 0. The first-order valence-corrected chi connectivity index (χ1v) is 14.6. The second-order valence-electron chi connectivity index (χ2n) is 10.0. The highest BCUT2D eigenvalue weighted by molar-refractivity contribution is 6.31. The molecule has 42 heavy (non-hydrogen) atoms. The van der Waals surface area contributed by atoms with E-state index in [4.69, 9.17) is 21.1 Å². The lowest BCUT2D eigenvalue weighted by Gasteiger charge is -2.28. The zero-order valence-electron chi connectivity index (χ0n) is 24.2. The first-order valence-electron chi connectivity index (χ1n) is 14.2. The van der Waals surface area contributed by atoms with Crippen LogP contribution in [0.2, 0.25) is 5.02 Å². The van der Waals surface area contributed by atoms with E-state index in [0.29, 0.717) is 56.4 Å². The minimum absolute atomic E-state index is 0.0547. The molecule has 0 saturated carbocycles. The molecule has 0 radical (unpaired) electrons. The monoisotopic (exact) mass is 587 g/mol. The van der Waals surface area contributed by atoms with Gasteiger partial charge in [-0.1, -0.05) is 60.1 Å². The van der Waals surface area contributed by atoms with Crippen LogP contribution in [0.1, 0.15) is 40.5 Å². The summed E-state index contributed by atoms with van der Waals surface area (Å²) in [5.41, 5.74) is 3.56. The summed E-state index contributed by atoms with van der Waals surface area (Å²) >= 11 is 6.18. The summed E-state index contributed by atoms with van der Waals surface area (Å²) < 4.78 is 13.0. The molecule has 0 saturated heterocycles. The molecule has 7 nitrogen and oxygen atoms in total. The average Bonchev–Trinajstić information content (AvgIpc) is 3.44. The van der Waals surface area contributed by atoms with Crippen molar-refractivity contribution >= 4 is 23.4 Å². The highest BCUT2D eigenvalue weighted by Gasteiger charge is 2.23. The van der Waals surface area contributed by atoms with Crippen LogP contribution in [0.25, 0.3) is 0 Å². The lowest BCUT2D eigenvalue weighted by molar-refractivity contribution is -0.133. The molecule has 0 spiro atoms. The van der Waals surface area contributed by atoms with E-state index >= 15 is 0 Å². The van der Waals surface area contributed by atoms with Crippen molar-refractivity contribution in [3.8, 4) is 5.75 Å². The van der Waals surface area contributed by atoms with E-state index < -0.39 is 0 Å². The highest BCUT2D eigenvalue weighted by atomic mass is 35.5. The fraction of sp³-hybridized carbons (Fsp3) is 0.294. The van der Waals surface area contributed by atoms with Crippen molar-refractivity contribution in [1.82, 2.24) is 14.4 Å². The highest BCUT2D eigenvalue weighted by Crippen LogP contribution is 2.18. The summed E-state index contributed by atoms with van der Waals surface area (Å²) in [6.07, 6.45) is 2.64. The van der Waals surface area contributed by atoms with E-state index in [-0.39, 0.29) is 18.4 Å². The average molecular weight is 588 g/mol. The molecule has 0 aliphatic rings. The second kappa shape index (κ2) is 15.8. The molecule has 2 amide bonds. The Bertz CT molecular complexity index is 1440. The second-order valence-corrected chi connectivity index (χ2v) is 10.4. The Morgan fingerprint density at radius 2 is 1.64 bits per heavy atom. The Morgan fingerprint density at radius 1 is 0.857 bits per heavy atom. The third-order valence-electron chi connectivity index (χ3n) is 6.94. The van der Waals surface area contributed by atoms with Gasteiger partial charge in [-0.3, -0.25) is 9.59 Å². The molecule has 0 bridgehead atoms. The number of halogens is 1. The Morgan fingerprint density at radius 3 is 2.40 bits per heavy atom. The quantitative estimate of drug-likeness (QED) is 0.153. The summed E-state index contributed by atoms with van der Waals surface area (Å²) in [6.45, 7) is 4.83. The van der Waals surface area contributed by atoms with Gasteiger partial charge in [-0.2, -0.15) is 0 Å². The van der Waals surface area contributed by atoms with Gasteiger partial charge < -0.3 is 23.8 Å². The summed E-state index contributed by atoms with van der Waals surface area (Å²) in [5.74, 6) is 0.430. The van der Waals surface area contributed by atoms with Crippen LogP contribution in [-0.2, 0) is 29.2 Å². The van der Waals surface area contributed by atoms with Crippen LogP contribution in [0, 0.1) is 0 Å². The lowest BCUT2D eigenvalue weighted by Crippen LogP contribution is -2.43. The van der Waals surface area contributed by atoms with Crippen molar-refractivity contribution in [2.24, 2.45) is 0 Å². The minimum Gasteiger partial charge on any atom is -0.497 e. The summed E-state index contributed by atoms with van der Waals surface area (Å²) in [5, 5.41) is 0.476. The summed E-state index contributed by atoms with van der Waals surface area (Å²) in [4.78, 5) is 30.9. The van der Waals surface area contributed by atoms with Gasteiger partial charge in [-0.05, 0) is 66.9 Å². The molecule has 4 rings (SSSR count). The minimum atomic E-state index is -0.233. The Hall–Kier alpha value is -4.07. The molecule has 0 aliphatic heterocycles. The van der Waals surface area contributed by atoms with Gasteiger partial charge in [-0.25, -0.2) is 0 Å². The van der Waals surface area contributed by atoms with Crippen LogP contribution < -0.4 is 4.74 Å². The molecular formula is C34H38ClN3O4. The predicted octanol–water partition coefficient (Wildman–Crippen LogP) is 6.30. The van der Waals surface area contributed by atoms with Crippen molar-refractivity contribution in [1.29, 1.82) is 0 Å². The maximum Gasteiger partial charge on any atom is 0.254 e. The first-order chi connectivity index (χ1) is 20.5. The predicted molar refractivity (Wildman–Crippen MR) is 166 cm³/mol. The topological polar surface area (TPSA) is 64.0 Å². The van der Waals surface area contributed by atoms with Crippen LogP contribution in [-0.4, -0.2) is 59.6 Å². The number of carbonyl (C=O) groups is 2. The number of nitrogens with zero attached hydrogens (tertiary/aromatic N) is 3. The molecule has 0 N–H and O–H groups in total. The van der Waals surface area contributed by atoms with E-state index in [0.717, 1.165) is 22.6 Å². The number of amides is 2. The maximum absolute atomic E-state index is 14.0. The van der Waals surface area contributed by atoms with Crippen LogP contribution in [0.5, 0.6) is 5.75 Å². The number of rotatable bonds is 15. The van der Waals surface area contributed by atoms with Crippen molar-refractivity contribution in [3.63, 3.8) is 0 Å². The Balaban J connectivity index is 1.56. The zero-order chi connectivity index (χ0) is 29.7. The molecule has 0 atom stereocenters. The van der Waals surface area contributed by atoms with Gasteiger partial charge in [0.05, 0.1) is 13.7 Å². The number of methoxy groups -OCH3 is 1. The first kappa shape index (κ1) is 30.9. The molecule has 0 fully saturated rings. The van der Waals surface area contributed by atoms with Gasteiger partial charge in [0.2, 0.25) is 5.91 Å². The van der Waals surface area contributed by atoms with Crippen molar-refractivity contribution < 1.29 is 19.1 Å². The van der Waals surface area contributed by atoms with Gasteiger partial charge >= 0.3 is 0 Å². The van der Waals surface area contributed by atoms with Gasteiger partial charge in [0.25, 0.3) is 5.91 Å². The Kier molecular flexibility index (Phi) is 11.6. The summed E-state index contributed by atoms with van der Waals surface area (Å²) in [6, 6.07) is 28.7. The summed E-state index contributed by atoms with van der Waals surface area (Å²) in [7, 11) is 1.66. The normalized spacial score (nSPS) is 10.8. The molecule has 1 aromatic heterocycles. The largest absolute Gasteiger partial charge is 0.497 e. The van der Waals surface area contributed by atoms with E-state index in [1.54, 1.807) is 36.3 Å². The maximum atomic E-state index is 14.0. The van der Waals surface area contributed by atoms with Gasteiger partial charge in [0, 0.05) is 55.3 Å². The van der Waals surface area contributed by atoms with E-state index in [1.165, 1.54) is 0 Å². The van der Waals surface area contributed by atoms with E-state index in [9.17, 15) is 9.59 Å². The fourth-order valence-corrected chi connectivity index (χ4v) is 4.96. The van der Waals surface area contributed by atoms with Crippen molar-refractivity contribution in [3.05, 3.63) is 125 Å². The van der Waals surface area contributed by atoms with Crippen LogP contribution in [0.4, 0.5) is 0 Å². The molecular weight excluding hydrogens is 550 g/mol. The zero-order valence-corrected chi connectivity index (χ0v) is 25.0. The molecule has 0 aliphatic carbocycles. The molecule has 8 heteroatoms. The van der Waals surface area contributed by atoms with Gasteiger partial charge in [0.15, 0.2) is 0 Å². The lowest BCUT2D eigenvalue weighted by atomic mass is 10.1. The van der Waals surface area contributed by atoms with E-state index in [1.807, 2.05) is 78.7 Å². The number of aromatic nitrogens is 1. The SMILES string of the molecule is CCOCCCN(CC(=O)N(Cc1ccccc1)Cc1cccn1Cc1cccc(OC)c1)C(=O)c1cccc(Cl)c1. The number of hydrogen-bond acceptors (Lipinski definition) is 4. The standard InChI is InChI=1S/C34H38ClN3O4/c1-3-42-20-10-19-37(34(40)29-14-8-15-30(35)22-29)26-33(39)38(23-27-11-5-4-6-12-27)25-31-16-9-18-36(31)24-28-13-7-17-32(21-28)41-2/h4-9,11-18,21-22H,3,10,19-20,23-26H2,1-2H3. The molecule has 4 aromatic rings. The third kappa shape index (κ3) is 8.96. The van der Waals surface area contributed by atoms with Crippen LogP contribution in [0.3, 0.4) is 0 Å². The van der Waals surface area contributed by atoms with Crippen molar-refractivity contribution in [2.45, 2.75) is 33.0 Å². The van der Waals surface area contributed by atoms with Crippen molar-refractivity contribution in [2.75, 3.05) is 33.4 Å². The fourth-order valence-electron chi connectivity index (χ4n) is 4.77.